The van der Waals surface area contributed by atoms with Crippen LogP contribution in [0.1, 0.15) is 48.7 Å². The van der Waals surface area contributed by atoms with Crippen molar-refractivity contribution in [2.75, 3.05) is 11.7 Å². The van der Waals surface area contributed by atoms with Gasteiger partial charge in [-0.3, -0.25) is 4.79 Å². The zero-order chi connectivity index (χ0) is 15.2. The molecule has 1 fully saturated rings. The van der Waals surface area contributed by atoms with E-state index in [4.69, 9.17) is 5.84 Å². The number of pyridine rings is 1. The summed E-state index contributed by atoms with van der Waals surface area (Å²) in [7, 11) is 0. The lowest BCUT2D eigenvalue weighted by atomic mass is 10.1. The molecule has 1 aliphatic rings. The number of hydrazine groups is 1. The minimum atomic E-state index is -0.0296. The van der Waals surface area contributed by atoms with Gasteiger partial charge in [-0.2, -0.15) is 11.8 Å². The molecule has 0 aromatic carbocycles. The van der Waals surface area contributed by atoms with Crippen LogP contribution in [0.15, 0.2) is 12.1 Å². The molecule has 0 aliphatic heterocycles. The van der Waals surface area contributed by atoms with Gasteiger partial charge < -0.3 is 10.7 Å². The third kappa shape index (κ3) is 4.35. The SMILES string of the molecule is CCCc1cc(C(=O)NC2CCC(SC)C2)cc(NN)n1. The van der Waals surface area contributed by atoms with Crippen molar-refractivity contribution in [2.24, 2.45) is 5.84 Å². The number of nitrogens with zero attached hydrogens (tertiary/aromatic N) is 1. The van der Waals surface area contributed by atoms with Crippen LogP contribution in [0.3, 0.4) is 0 Å². The summed E-state index contributed by atoms with van der Waals surface area (Å²) in [6, 6.07) is 3.85. The molecule has 0 bridgehead atoms. The van der Waals surface area contributed by atoms with Crippen LogP contribution in [-0.4, -0.2) is 28.4 Å². The number of thioether (sulfide) groups is 1. The molecule has 1 amide bonds. The summed E-state index contributed by atoms with van der Waals surface area (Å²) in [6.07, 6.45) is 7.26. The van der Waals surface area contributed by atoms with E-state index in [1.54, 1.807) is 6.07 Å². The summed E-state index contributed by atoms with van der Waals surface area (Å²) >= 11 is 1.89. The van der Waals surface area contributed by atoms with Gasteiger partial charge >= 0.3 is 0 Å². The van der Waals surface area contributed by atoms with Crippen molar-refractivity contribution in [1.29, 1.82) is 0 Å². The molecule has 2 atom stereocenters. The molecule has 116 valence electrons. The van der Waals surface area contributed by atoms with E-state index in [2.05, 4.69) is 28.9 Å². The maximum absolute atomic E-state index is 12.4. The summed E-state index contributed by atoms with van der Waals surface area (Å²) in [5, 5.41) is 3.80. The van der Waals surface area contributed by atoms with E-state index in [-0.39, 0.29) is 11.9 Å². The van der Waals surface area contributed by atoms with Crippen molar-refractivity contribution in [3.05, 3.63) is 23.4 Å². The number of carbonyl (C=O) groups is 1. The number of anilines is 1. The average Bonchev–Trinajstić information content (AvgIpc) is 2.94. The number of aryl methyl sites for hydroxylation is 1. The Labute approximate surface area is 130 Å². The first-order valence-corrected chi connectivity index (χ1v) is 8.76. The minimum absolute atomic E-state index is 0.0296. The second-order valence-corrected chi connectivity index (χ2v) is 6.61. The fraction of sp³-hybridized carbons (Fsp3) is 0.600. The van der Waals surface area contributed by atoms with Gasteiger partial charge in [-0.25, -0.2) is 10.8 Å². The number of rotatable bonds is 6. The van der Waals surface area contributed by atoms with E-state index < -0.39 is 0 Å². The second kappa shape index (κ2) is 7.66. The first-order chi connectivity index (χ1) is 10.2. The van der Waals surface area contributed by atoms with Crippen molar-refractivity contribution < 1.29 is 4.79 Å². The van der Waals surface area contributed by atoms with Crippen LogP contribution < -0.4 is 16.6 Å². The summed E-state index contributed by atoms with van der Waals surface area (Å²) in [5.41, 5.74) is 4.06. The first kappa shape index (κ1) is 16.1. The summed E-state index contributed by atoms with van der Waals surface area (Å²) in [6.45, 7) is 2.09. The van der Waals surface area contributed by atoms with Crippen LogP contribution in [-0.2, 0) is 6.42 Å². The molecule has 1 aromatic rings. The van der Waals surface area contributed by atoms with Gasteiger partial charge in [-0.1, -0.05) is 13.3 Å². The van der Waals surface area contributed by atoms with Gasteiger partial charge in [0.1, 0.15) is 5.82 Å². The number of hydrogen-bond acceptors (Lipinski definition) is 5. The van der Waals surface area contributed by atoms with E-state index in [1.165, 1.54) is 6.42 Å². The van der Waals surface area contributed by atoms with Gasteiger partial charge in [0.15, 0.2) is 0 Å². The van der Waals surface area contributed by atoms with Crippen molar-refractivity contribution in [1.82, 2.24) is 10.3 Å². The normalized spacial score (nSPS) is 21.3. The topological polar surface area (TPSA) is 80.0 Å². The minimum Gasteiger partial charge on any atom is -0.349 e. The molecule has 1 aliphatic carbocycles. The highest BCUT2D eigenvalue weighted by molar-refractivity contribution is 7.99. The Balaban J connectivity index is 2.06. The van der Waals surface area contributed by atoms with Crippen molar-refractivity contribution in [2.45, 2.75) is 50.3 Å². The number of aromatic nitrogens is 1. The van der Waals surface area contributed by atoms with E-state index in [0.717, 1.165) is 31.4 Å². The van der Waals surface area contributed by atoms with E-state index >= 15 is 0 Å². The maximum Gasteiger partial charge on any atom is 0.251 e. The molecule has 21 heavy (non-hydrogen) atoms. The third-order valence-corrected chi connectivity index (χ3v) is 4.94. The largest absolute Gasteiger partial charge is 0.349 e. The van der Waals surface area contributed by atoms with Gasteiger partial charge in [-0.15, -0.1) is 0 Å². The molecule has 4 N–H and O–H groups in total. The molecule has 1 heterocycles. The number of nitrogens with one attached hydrogen (secondary N) is 2. The molecular formula is C15H24N4OS. The van der Waals surface area contributed by atoms with Gasteiger partial charge in [0.05, 0.1) is 0 Å². The van der Waals surface area contributed by atoms with Gasteiger partial charge in [-0.05, 0) is 44.1 Å². The van der Waals surface area contributed by atoms with Gasteiger partial charge in [0.2, 0.25) is 0 Å². The lowest BCUT2D eigenvalue weighted by molar-refractivity contribution is 0.0938. The smallest absolute Gasteiger partial charge is 0.251 e. The van der Waals surface area contributed by atoms with Crippen LogP contribution in [0, 0.1) is 0 Å². The standard InChI is InChI=1S/C15H24N4OS/c1-3-4-11-7-10(8-14(17-11)19-16)15(20)18-12-5-6-13(9-12)21-2/h7-8,12-13H,3-6,9,16H2,1-2H3,(H,17,19)(H,18,20). The van der Waals surface area contributed by atoms with Crippen molar-refractivity contribution >= 4 is 23.5 Å². The van der Waals surface area contributed by atoms with Gasteiger partial charge in [0, 0.05) is 22.5 Å². The lowest BCUT2D eigenvalue weighted by Gasteiger charge is -2.14. The molecule has 6 heteroatoms. The van der Waals surface area contributed by atoms with Crippen LogP contribution in [0.4, 0.5) is 5.82 Å². The number of hydrogen-bond donors (Lipinski definition) is 3. The number of amides is 1. The molecule has 0 spiro atoms. The van der Waals surface area contributed by atoms with Crippen LogP contribution >= 0.6 is 11.8 Å². The molecule has 5 nitrogen and oxygen atoms in total. The Kier molecular flexibility index (Phi) is 5.87. The molecule has 2 unspecified atom stereocenters. The third-order valence-electron chi connectivity index (χ3n) is 3.85. The first-order valence-electron chi connectivity index (χ1n) is 7.47. The monoisotopic (exact) mass is 308 g/mol. The highest BCUT2D eigenvalue weighted by atomic mass is 32.2. The second-order valence-electron chi connectivity index (χ2n) is 5.47. The van der Waals surface area contributed by atoms with Crippen LogP contribution in [0.2, 0.25) is 0 Å². The van der Waals surface area contributed by atoms with Crippen molar-refractivity contribution in [3.8, 4) is 0 Å². The van der Waals surface area contributed by atoms with Crippen molar-refractivity contribution in [3.63, 3.8) is 0 Å². The number of carbonyl (C=O) groups excluding carboxylic acids is 1. The highest BCUT2D eigenvalue weighted by Crippen LogP contribution is 2.28. The molecule has 2 rings (SSSR count). The van der Waals surface area contributed by atoms with Crippen LogP contribution in [0.5, 0.6) is 0 Å². The molecule has 1 saturated carbocycles. The Hall–Kier alpha value is -1.27. The van der Waals surface area contributed by atoms with Crippen LogP contribution in [0.25, 0.3) is 0 Å². The highest BCUT2D eigenvalue weighted by Gasteiger charge is 2.25. The number of nitrogens with two attached hydrogens (primary N) is 1. The fourth-order valence-corrected chi connectivity index (χ4v) is 3.53. The Morgan fingerprint density at radius 3 is 2.90 bits per heavy atom. The fourth-order valence-electron chi connectivity index (χ4n) is 2.73. The zero-order valence-corrected chi connectivity index (χ0v) is 13.5. The average molecular weight is 308 g/mol. The predicted octanol–water partition coefficient (Wildman–Crippen LogP) is 2.33. The molecule has 0 saturated heterocycles. The maximum atomic E-state index is 12.4. The van der Waals surface area contributed by atoms with E-state index in [9.17, 15) is 4.79 Å². The summed E-state index contributed by atoms with van der Waals surface area (Å²) < 4.78 is 0. The van der Waals surface area contributed by atoms with E-state index in [0.29, 0.717) is 16.6 Å². The molecular weight excluding hydrogens is 284 g/mol. The molecule has 0 radical (unpaired) electrons. The summed E-state index contributed by atoms with van der Waals surface area (Å²) in [4.78, 5) is 16.8. The molecule has 1 aromatic heterocycles. The summed E-state index contributed by atoms with van der Waals surface area (Å²) in [5.74, 6) is 5.95. The Morgan fingerprint density at radius 1 is 1.48 bits per heavy atom. The predicted molar refractivity (Wildman–Crippen MR) is 88.5 cm³/mol. The lowest BCUT2D eigenvalue weighted by Crippen LogP contribution is -2.33. The Bertz CT molecular complexity index is 495. The van der Waals surface area contributed by atoms with E-state index in [1.807, 2.05) is 17.8 Å². The zero-order valence-electron chi connectivity index (χ0n) is 12.7. The number of nitrogen functional groups attached to an aromatic ring is 1. The van der Waals surface area contributed by atoms with Gasteiger partial charge in [0.25, 0.3) is 5.91 Å². The Morgan fingerprint density at radius 2 is 2.29 bits per heavy atom. The quantitative estimate of drug-likeness (QED) is 0.555.